The first kappa shape index (κ1) is 22.9. The van der Waals surface area contributed by atoms with Gasteiger partial charge >= 0.3 is 0 Å². The average Bonchev–Trinajstić information content (AvgIpc) is 2.49. The number of carbonyl (C=O) groups is 1. The topological polar surface area (TPSA) is 17.1 Å². The van der Waals surface area contributed by atoms with E-state index in [1.165, 1.54) is 0 Å². The maximum Gasteiger partial charge on any atom is 0.204 e. The highest BCUT2D eigenvalue weighted by molar-refractivity contribution is 6.90. The molecule has 136 valence electrons. The van der Waals surface area contributed by atoms with Gasteiger partial charge in [0.1, 0.15) is 8.07 Å². The molecule has 0 rings (SSSR count). The van der Waals surface area contributed by atoms with Gasteiger partial charge in [0, 0.05) is 6.42 Å². The van der Waals surface area contributed by atoms with Gasteiger partial charge in [-0.3, -0.25) is 4.79 Å². The van der Waals surface area contributed by atoms with Crippen LogP contribution in [-0.2, 0) is 4.79 Å². The van der Waals surface area contributed by atoms with Gasteiger partial charge < -0.3 is 0 Å². The van der Waals surface area contributed by atoms with E-state index in [4.69, 9.17) is 0 Å². The number of Topliss-reactive ketones (excluding diaryl/α,β-unsaturated/α-hetero) is 1. The molecule has 0 aromatic heterocycles. The highest BCUT2D eigenvalue weighted by Crippen LogP contribution is 2.40. The normalized spacial score (nSPS) is 12.6. The summed E-state index contributed by atoms with van der Waals surface area (Å²) in [5.74, 6) is 3.14. The van der Waals surface area contributed by atoms with Gasteiger partial charge in [0.15, 0.2) is 0 Å². The molecule has 0 unspecified atom stereocenters. The van der Waals surface area contributed by atoms with Crippen molar-refractivity contribution in [3.8, 4) is 11.5 Å². The Bertz CT molecular complexity index is 450. The molecule has 0 saturated heterocycles. The first-order valence-corrected chi connectivity index (χ1v) is 11.9. The standard InChI is InChI=1S/C22H38OSi/c1-8-9-10-11-12-13-14-15-16-22(23)17-18-24(19(2)3,20(4)5)21(6)7/h9-10,12-13,19-21H,8,11,14-16H2,1-7H3/b10-9-,13-12-. The van der Waals surface area contributed by atoms with Crippen molar-refractivity contribution in [1.29, 1.82) is 0 Å². The van der Waals surface area contributed by atoms with Gasteiger partial charge in [0.25, 0.3) is 0 Å². The lowest BCUT2D eigenvalue weighted by molar-refractivity contribution is -0.113. The Kier molecular flexibility index (Phi) is 11.8. The maximum absolute atomic E-state index is 12.1. The van der Waals surface area contributed by atoms with Crippen LogP contribution in [-0.4, -0.2) is 13.9 Å². The van der Waals surface area contributed by atoms with Crippen molar-refractivity contribution in [3.63, 3.8) is 0 Å². The zero-order valence-corrected chi connectivity index (χ0v) is 18.0. The smallest absolute Gasteiger partial charge is 0.204 e. The van der Waals surface area contributed by atoms with Gasteiger partial charge in [-0.2, -0.15) is 0 Å². The Morgan fingerprint density at radius 1 is 0.917 bits per heavy atom. The van der Waals surface area contributed by atoms with Crippen LogP contribution in [0.2, 0.25) is 16.6 Å². The molecule has 1 nitrogen and oxygen atoms in total. The SMILES string of the molecule is CC/C=C\C/C=C\CCCC(=O)C#C[Si](C(C)C)(C(C)C)C(C)C. The first-order chi connectivity index (χ1) is 11.3. The van der Waals surface area contributed by atoms with E-state index in [-0.39, 0.29) is 5.78 Å². The molecule has 0 aliphatic carbocycles. The second-order valence-electron chi connectivity index (χ2n) is 7.55. The van der Waals surface area contributed by atoms with E-state index in [0.29, 0.717) is 23.0 Å². The molecule has 0 aromatic rings. The molecule has 0 saturated carbocycles. The minimum absolute atomic E-state index is 0.119. The summed E-state index contributed by atoms with van der Waals surface area (Å²) in [6.45, 7) is 15.8. The fourth-order valence-electron chi connectivity index (χ4n) is 3.61. The van der Waals surface area contributed by atoms with Crippen LogP contribution in [0, 0.1) is 11.5 Å². The largest absolute Gasteiger partial charge is 0.285 e. The summed E-state index contributed by atoms with van der Waals surface area (Å²) < 4.78 is 0. The molecule has 0 atom stereocenters. The van der Waals surface area contributed by atoms with Gasteiger partial charge in [0.2, 0.25) is 5.78 Å². The van der Waals surface area contributed by atoms with Crippen LogP contribution in [0.15, 0.2) is 24.3 Å². The average molecular weight is 347 g/mol. The Morgan fingerprint density at radius 3 is 1.96 bits per heavy atom. The number of carbonyl (C=O) groups excluding carboxylic acids is 1. The fourth-order valence-corrected chi connectivity index (χ4v) is 8.83. The van der Waals surface area contributed by atoms with Gasteiger partial charge in [-0.25, -0.2) is 0 Å². The molecule has 0 radical (unpaired) electrons. The van der Waals surface area contributed by atoms with Gasteiger partial charge in [-0.15, -0.1) is 5.54 Å². The monoisotopic (exact) mass is 346 g/mol. The summed E-state index contributed by atoms with van der Waals surface area (Å²) in [6.07, 6.45) is 13.3. The summed E-state index contributed by atoms with van der Waals surface area (Å²) >= 11 is 0. The zero-order valence-electron chi connectivity index (χ0n) is 17.0. The molecule has 0 heterocycles. The Balaban J connectivity index is 4.55. The van der Waals surface area contributed by atoms with Crippen molar-refractivity contribution in [1.82, 2.24) is 0 Å². The van der Waals surface area contributed by atoms with Crippen molar-refractivity contribution in [3.05, 3.63) is 24.3 Å². The van der Waals surface area contributed by atoms with Crippen LogP contribution in [0.4, 0.5) is 0 Å². The highest BCUT2D eigenvalue weighted by Gasteiger charge is 2.41. The number of unbranched alkanes of at least 4 members (excludes halogenated alkanes) is 1. The third kappa shape index (κ3) is 7.66. The minimum Gasteiger partial charge on any atom is -0.285 e. The van der Waals surface area contributed by atoms with Crippen molar-refractivity contribution >= 4 is 13.9 Å². The van der Waals surface area contributed by atoms with Crippen molar-refractivity contribution in [2.24, 2.45) is 0 Å². The Hall–Kier alpha value is -1.07. The van der Waals surface area contributed by atoms with Crippen molar-refractivity contribution < 1.29 is 4.79 Å². The van der Waals surface area contributed by atoms with Gasteiger partial charge in [0.05, 0.1) is 0 Å². The summed E-state index contributed by atoms with van der Waals surface area (Å²) in [7, 11) is -1.77. The molecule has 0 amide bonds. The molecule has 0 aromatic carbocycles. The third-order valence-electron chi connectivity index (χ3n) is 4.90. The molecule has 24 heavy (non-hydrogen) atoms. The molecular formula is C22H38OSi. The quantitative estimate of drug-likeness (QED) is 0.183. The van der Waals surface area contributed by atoms with Gasteiger partial charge in [-0.1, -0.05) is 72.8 Å². The highest BCUT2D eigenvalue weighted by atomic mass is 28.3. The van der Waals surface area contributed by atoms with Crippen LogP contribution in [0.1, 0.15) is 80.6 Å². The lowest BCUT2D eigenvalue weighted by atomic mass is 10.1. The molecule has 0 N–H and O–H groups in total. The Labute approximate surface area is 152 Å². The van der Waals surface area contributed by atoms with E-state index in [1.807, 2.05) is 0 Å². The number of rotatable bonds is 10. The molecular weight excluding hydrogens is 308 g/mol. The number of hydrogen-bond acceptors (Lipinski definition) is 1. The molecule has 0 spiro atoms. The van der Waals surface area contributed by atoms with Crippen LogP contribution in [0.3, 0.4) is 0 Å². The van der Waals surface area contributed by atoms with E-state index in [1.54, 1.807) is 0 Å². The third-order valence-corrected chi connectivity index (χ3v) is 11.2. The Morgan fingerprint density at radius 2 is 1.46 bits per heavy atom. The van der Waals surface area contributed by atoms with Crippen LogP contribution in [0.25, 0.3) is 0 Å². The summed E-state index contributed by atoms with van der Waals surface area (Å²) in [5, 5.41) is 0. The van der Waals surface area contributed by atoms with E-state index >= 15 is 0 Å². The lowest BCUT2D eigenvalue weighted by Gasteiger charge is -2.37. The number of allylic oxidation sites excluding steroid dienone is 4. The van der Waals surface area contributed by atoms with Crippen molar-refractivity contribution in [2.75, 3.05) is 0 Å². The van der Waals surface area contributed by atoms with Crippen molar-refractivity contribution in [2.45, 2.75) is 97.2 Å². The summed E-state index contributed by atoms with van der Waals surface area (Å²) in [4.78, 5) is 12.1. The van der Waals surface area contributed by atoms with Crippen LogP contribution in [0.5, 0.6) is 0 Å². The van der Waals surface area contributed by atoms with E-state index in [0.717, 1.165) is 25.7 Å². The van der Waals surface area contributed by atoms with Crippen LogP contribution >= 0.6 is 0 Å². The lowest BCUT2D eigenvalue weighted by Crippen LogP contribution is -2.43. The first-order valence-electron chi connectivity index (χ1n) is 9.64. The number of ketones is 1. The molecule has 0 aliphatic heterocycles. The van der Waals surface area contributed by atoms with E-state index < -0.39 is 8.07 Å². The van der Waals surface area contributed by atoms with Crippen LogP contribution < -0.4 is 0 Å². The second kappa shape index (κ2) is 12.3. The van der Waals surface area contributed by atoms with Gasteiger partial charge in [-0.05, 0) is 48.2 Å². The second-order valence-corrected chi connectivity index (χ2v) is 13.1. The molecule has 0 aliphatic rings. The fraction of sp³-hybridized carbons (Fsp3) is 0.682. The predicted octanol–water partition coefficient (Wildman–Crippen LogP) is 6.86. The summed E-state index contributed by atoms with van der Waals surface area (Å²) in [5.41, 5.74) is 5.26. The number of hydrogen-bond donors (Lipinski definition) is 0. The maximum atomic E-state index is 12.1. The minimum atomic E-state index is -1.77. The molecule has 0 fully saturated rings. The summed E-state index contributed by atoms with van der Waals surface area (Å²) in [6, 6.07) is 0. The van der Waals surface area contributed by atoms with E-state index in [2.05, 4.69) is 84.2 Å². The molecule has 0 bridgehead atoms. The van der Waals surface area contributed by atoms with E-state index in [9.17, 15) is 4.79 Å². The molecule has 2 heteroatoms. The zero-order chi connectivity index (χ0) is 18.6. The predicted molar refractivity (Wildman–Crippen MR) is 111 cm³/mol.